The lowest BCUT2D eigenvalue weighted by Crippen LogP contribution is -2.37. The van der Waals surface area contributed by atoms with E-state index in [2.05, 4.69) is 0 Å². The Morgan fingerprint density at radius 2 is 2.04 bits per heavy atom. The molecule has 0 aromatic carbocycles. The molecule has 6 heteroatoms. The number of aliphatic hydroxyl groups is 1. The van der Waals surface area contributed by atoms with E-state index < -0.39 is 23.1 Å². The molecule has 0 saturated heterocycles. The van der Waals surface area contributed by atoms with Gasteiger partial charge in [-0.05, 0) is 25.5 Å². The van der Waals surface area contributed by atoms with Gasteiger partial charge in [-0.1, -0.05) is 26.8 Å². The number of hydrogen-bond donors (Lipinski definition) is 1. The van der Waals surface area contributed by atoms with Gasteiger partial charge in [-0.15, -0.1) is 11.3 Å². The number of Topliss-reactive ketones (excluding diaryl/α,β-unsaturated/α-hetero) is 1. The number of carbonyl (C=O) groups excluding carboxylic acids is 2. The predicted octanol–water partition coefficient (Wildman–Crippen LogP) is 2.62. The number of amides is 1. The zero-order chi connectivity index (χ0) is 17.4. The van der Waals surface area contributed by atoms with Gasteiger partial charge >= 0.3 is 0 Å². The molecule has 0 fully saturated rings. The highest BCUT2D eigenvalue weighted by molar-refractivity contribution is 7.10. The summed E-state index contributed by atoms with van der Waals surface area (Å²) in [6, 6.07) is 3.30. The Kier molecular flexibility index (Phi) is 4.96. The fraction of sp³-hybridized carbons (Fsp3) is 0.529. The van der Waals surface area contributed by atoms with E-state index in [0.717, 1.165) is 4.88 Å². The first-order chi connectivity index (χ1) is 10.6. The molecule has 1 aromatic heterocycles. The van der Waals surface area contributed by atoms with Crippen molar-refractivity contribution < 1.29 is 14.7 Å². The summed E-state index contributed by atoms with van der Waals surface area (Å²) in [5, 5.41) is 12.3. The summed E-state index contributed by atoms with van der Waals surface area (Å²) < 4.78 is 0. The van der Waals surface area contributed by atoms with Crippen molar-refractivity contribution in [3.8, 4) is 0 Å². The van der Waals surface area contributed by atoms with Crippen molar-refractivity contribution in [3.63, 3.8) is 0 Å². The molecule has 0 spiro atoms. The van der Waals surface area contributed by atoms with Crippen LogP contribution in [-0.2, 0) is 9.59 Å². The SMILES string of the molecule is CN(C)CCN1C(=O)C(O)=C(C(=O)C(C)(C)C)C1c1cccs1. The first-order valence-electron chi connectivity index (χ1n) is 7.61. The van der Waals surface area contributed by atoms with Gasteiger partial charge in [0.15, 0.2) is 11.5 Å². The van der Waals surface area contributed by atoms with E-state index in [1.807, 2.05) is 36.5 Å². The highest BCUT2D eigenvalue weighted by Crippen LogP contribution is 2.42. The van der Waals surface area contributed by atoms with Crippen LogP contribution in [0.1, 0.15) is 31.7 Å². The van der Waals surface area contributed by atoms with Crippen LogP contribution in [0.5, 0.6) is 0 Å². The molecule has 1 amide bonds. The fourth-order valence-electron chi connectivity index (χ4n) is 2.57. The lowest BCUT2D eigenvalue weighted by molar-refractivity contribution is -0.129. The maximum atomic E-state index is 12.8. The molecule has 5 nitrogen and oxygen atoms in total. The summed E-state index contributed by atoms with van der Waals surface area (Å²) in [6.45, 7) is 6.52. The van der Waals surface area contributed by atoms with Gasteiger partial charge < -0.3 is 14.9 Å². The molecule has 2 heterocycles. The Balaban J connectivity index is 2.45. The van der Waals surface area contributed by atoms with Crippen molar-refractivity contribution >= 4 is 23.0 Å². The Hall–Kier alpha value is -1.66. The molecule has 0 radical (unpaired) electrons. The number of ketones is 1. The van der Waals surface area contributed by atoms with Crippen LogP contribution in [0, 0.1) is 5.41 Å². The number of likely N-dealkylation sites (N-methyl/N-ethyl adjacent to an activating group) is 1. The topological polar surface area (TPSA) is 60.9 Å². The van der Waals surface area contributed by atoms with Crippen molar-refractivity contribution in [2.24, 2.45) is 5.41 Å². The number of aliphatic hydroxyl groups excluding tert-OH is 1. The van der Waals surface area contributed by atoms with Crippen molar-refractivity contribution in [2.45, 2.75) is 26.8 Å². The van der Waals surface area contributed by atoms with Crippen LogP contribution in [0.3, 0.4) is 0 Å². The van der Waals surface area contributed by atoms with Gasteiger partial charge in [0.1, 0.15) is 0 Å². The number of thiophene rings is 1. The molecule has 1 unspecified atom stereocenters. The van der Waals surface area contributed by atoms with Crippen molar-refractivity contribution in [1.29, 1.82) is 0 Å². The van der Waals surface area contributed by atoms with Crippen LogP contribution in [-0.4, -0.2) is 53.8 Å². The second-order valence-electron chi connectivity index (χ2n) is 7.06. The summed E-state index contributed by atoms with van der Waals surface area (Å²) in [5.41, 5.74) is -0.430. The van der Waals surface area contributed by atoms with Gasteiger partial charge in [0, 0.05) is 23.4 Å². The van der Waals surface area contributed by atoms with Crippen LogP contribution in [0.15, 0.2) is 28.8 Å². The third-order valence-corrected chi connectivity index (χ3v) is 4.76. The third kappa shape index (κ3) is 3.48. The Bertz CT molecular complexity index is 627. The minimum Gasteiger partial charge on any atom is -0.503 e. The molecule has 23 heavy (non-hydrogen) atoms. The third-order valence-electron chi connectivity index (χ3n) is 3.83. The fourth-order valence-corrected chi connectivity index (χ4v) is 3.42. The van der Waals surface area contributed by atoms with Crippen LogP contribution >= 0.6 is 11.3 Å². The first kappa shape index (κ1) is 17.7. The molecule has 2 rings (SSSR count). The normalized spacial score (nSPS) is 19.1. The van der Waals surface area contributed by atoms with E-state index in [0.29, 0.717) is 13.1 Å². The van der Waals surface area contributed by atoms with Crippen molar-refractivity contribution in [1.82, 2.24) is 9.80 Å². The molecule has 126 valence electrons. The highest BCUT2D eigenvalue weighted by atomic mass is 32.1. The quantitative estimate of drug-likeness (QED) is 0.898. The maximum Gasteiger partial charge on any atom is 0.290 e. The standard InChI is InChI=1S/C17H24N2O3S/c1-17(2,3)15(21)12-13(11-7-6-10-23-11)19(9-8-18(4)5)16(22)14(12)20/h6-7,10,13,20H,8-9H2,1-5H3. The van der Waals surface area contributed by atoms with Crippen LogP contribution in [0.25, 0.3) is 0 Å². The molecular formula is C17H24N2O3S. The average molecular weight is 336 g/mol. The molecule has 1 aliphatic rings. The molecule has 0 saturated carbocycles. The number of rotatable bonds is 5. The first-order valence-corrected chi connectivity index (χ1v) is 8.49. The molecule has 1 N–H and O–H groups in total. The highest BCUT2D eigenvalue weighted by Gasteiger charge is 2.46. The zero-order valence-electron chi connectivity index (χ0n) is 14.3. The molecule has 1 atom stereocenters. The second kappa shape index (κ2) is 6.45. The van der Waals surface area contributed by atoms with Crippen molar-refractivity contribution in [3.05, 3.63) is 33.7 Å². The second-order valence-corrected chi connectivity index (χ2v) is 8.04. The maximum absolute atomic E-state index is 12.8. The van der Waals surface area contributed by atoms with Gasteiger partial charge in [-0.3, -0.25) is 9.59 Å². The summed E-state index contributed by atoms with van der Waals surface area (Å²) >= 11 is 1.49. The molecule has 1 aromatic rings. The number of nitrogens with zero attached hydrogens (tertiary/aromatic N) is 2. The van der Waals surface area contributed by atoms with Gasteiger partial charge in [0.2, 0.25) is 0 Å². The van der Waals surface area contributed by atoms with Gasteiger partial charge in [0.05, 0.1) is 11.6 Å². The smallest absolute Gasteiger partial charge is 0.290 e. The number of hydrogen-bond acceptors (Lipinski definition) is 5. The zero-order valence-corrected chi connectivity index (χ0v) is 15.1. The summed E-state index contributed by atoms with van der Waals surface area (Å²) in [7, 11) is 3.85. The van der Waals surface area contributed by atoms with Gasteiger partial charge in [-0.25, -0.2) is 0 Å². The van der Waals surface area contributed by atoms with Crippen LogP contribution in [0.2, 0.25) is 0 Å². The molecule has 1 aliphatic heterocycles. The van der Waals surface area contributed by atoms with Gasteiger partial charge in [-0.2, -0.15) is 0 Å². The number of carbonyl (C=O) groups is 2. The van der Waals surface area contributed by atoms with E-state index in [4.69, 9.17) is 0 Å². The Morgan fingerprint density at radius 1 is 1.39 bits per heavy atom. The summed E-state index contributed by atoms with van der Waals surface area (Å²) in [4.78, 5) is 29.8. The minimum atomic E-state index is -0.656. The lowest BCUT2D eigenvalue weighted by atomic mass is 9.83. The van der Waals surface area contributed by atoms with E-state index in [-0.39, 0.29) is 11.4 Å². The Labute approximate surface area is 141 Å². The van der Waals surface area contributed by atoms with Crippen LogP contribution in [0.4, 0.5) is 0 Å². The monoisotopic (exact) mass is 336 g/mol. The predicted molar refractivity (Wildman–Crippen MR) is 91.4 cm³/mol. The molecule has 0 bridgehead atoms. The minimum absolute atomic E-state index is 0.186. The van der Waals surface area contributed by atoms with E-state index in [1.54, 1.807) is 25.7 Å². The summed E-state index contributed by atoms with van der Waals surface area (Å²) in [5.74, 6) is -1.05. The van der Waals surface area contributed by atoms with E-state index in [9.17, 15) is 14.7 Å². The van der Waals surface area contributed by atoms with E-state index >= 15 is 0 Å². The van der Waals surface area contributed by atoms with Crippen LogP contribution < -0.4 is 0 Å². The van der Waals surface area contributed by atoms with Gasteiger partial charge in [0.25, 0.3) is 5.91 Å². The van der Waals surface area contributed by atoms with E-state index in [1.165, 1.54) is 11.3 Å². The largest absolute Gasteiger partial charge is 0.503 e. The molecule has 0 aliphatic carbocycles. The Morgan fingerprint density at radius 3 is 2.52 bits per heavy atom. The average Bonchev–Trinajstić information content (AvgIpc) is 3.03. The van der Waals surface area contributed by atoms with Crippen molar-refractivity contribution in [2.75, 3.05) is 27.2 Å². The molecular weight excluding hydrogens is 312 g/mol. The lowest BCUT2D eigenvalue weighted by Gasteiger charge is -2.28. The summed E-state index contributed by atoms with van der Waals surface area (Å²) in [6.07, 6.45) is 0.